The molecule has 0 radical (unpaired) electrons. The van der Waals surface area contributed by atoms with Gasteiger partial charge in [-0.15, -0.1) is 0 Å². The lowest BCUT2D eigenvalue weighted by Crippen LogP contribution is -2.67. The van der Waals surface area contributed by atoms with Gasteiger partial charge in [-0.2, -0.15) is 0 Å². The Bertz CT molecular complexity index is 1570. The summed E-state index contributed by atoms with van der Waals surface area (Å²) in [5.74, 6) is 0.334. The molecular weight excluding hydrogens is 572 g/mol. The highest BCUT2D eigenvalue weighted by atomic mass is 16.3. The first-order valence-electron chi connectivity index (χ1n) is 17.4. The molecule has 0 heterocycles. The van der Waals surface area contributed by atoms with Crippen LogP contribution in [0.25, 0.3) is 0 Å². The molecule has 2 aromatic carbocycles. The average Bonchev–Trinajstić information content (AvgIpc) is 3.31. The second-order valence-electron chi connectivity index (χ2n) is 16.0. The topological polar surface area (TPSA) is 89.9 Å². The summed E-state index contributed by atoms with van der Waals surface area (Å²) in [5.41, 5.74) is -0.0242. The molecule has 6 aliphatic rings. The summed E-state index contributed by atoms with van der Waals surface area (Å²) in [6, 6.07) is 19.4. The van der Waals surface area contributed by atoms with Crippen molar-refractivity contribution in [2.75, 3.05) is 6.54 Å². The minimum atomic E-state index is -1.12. The van der Waals surface area contributed by atoms with E-state index in [2.05, 4.69) is 37.4 Å². The Hall–Kier alpha value is -3.22. The number of carbonyl (C=O) groups is 2. The largest absolute Gasteiger partial charge is 0.393 e. The number of benzene rings is 2. The quantitative estimate of drug-likeness (QED) is 0.227. The number of rotatable bonds is 7. The first kappa shape index (κ1) is 31.4. The molecule has 3 N–H and O–H groups in total. The van der Waals surface area contributed by atoms with Crippen LogP contribution in [0.4, 0.5) is 4.79 Å². The van der Waals surface area contributed by atoms with Crippen molar-refractivity contribution in [1.82, 2.24) is 10.2 Å². The van der Waals surface area contributed by atoms with E-state index in [4.69, 9.17) is 0 Å². The number of amides is 2. The number of ketones is 1. The monoisotopic (exact) mass is 622 g/mol. The Morgan fingerprint density at radius 1 is 0.891 bits per heavy atom. The standard InChI is InChI=1S/C40H50N2O4/c1-27(2)41-35(45)42(25-28-11-7-5-8-12-28)26-39(46)20-17-33-37(39,4)19-16-32-36(3)18-15-30(43)23-38(36)21-22-40(32,33)31(24-38)34(44)29-13-9-6-10-14-29/h5-14,21-22,24,27,30,32-33,43,46H,15-20,23,25-26H2,1-4H3,(H,41,45)/t30?,32-,33-,36-,37+,38+,39-,40-/m1/s1. The van der Waals surface area contributed by atoms with Gasteiger partial charge in [-0.05, 0) is 81.6 Å². The van der Waals surface area contributed by atoms with Gasteiger partial charge in [0.2, 0.25) is 0 Å². The number of hydrogen-bond acceptors (Lipinski definition) is 4. The highest BCUT2D eigenvalue weighted by molar-refractivity contribution is 6.10. The maximum Gasteiger partial charge on any atom is 0.317 e. The van der Waals surface area contributed by atoms with Gasteiger partial charge in [0.25, 0.3) is 0 Å². The lowest BCUT2D eigenvalue weighted by Gasteiger charge is -2.71. The third kappa shape index (κ3) is 4.42. The van der Waals surface area contributed by atoms with Crippen LogP contribution in [0.5, 0.6) is 0 Å². The zero-order chi connectivity index (χ0) is 32.5. The van der Waals surface area contributed by atoms with Crippen molar-refractivity contribution in [3.63, 3.8) is 0 Å². The lowest BCUT2D eigenvalue weighted by molar-refractivity contribution is -0.174. The van der Waals surface area contributed by atoms with Gasteiger partial charge in [-0.25, -0.2) is 4.79 Å². The minimum Gasteiger partial charge on any atom is -0.393 e. The van der Waals surface area contributed by atoms with Crippen molar-refractivity contribution in [1.29, 1.82) is 0 Å². The highest BCUT2D eigenvalue weighted by Crippen LogP contribution is 2.78. The van der Waals surface area contributed by atoms with Gasteiger partial charge in [-0.3, -0.25) is 4.79 Å². The van der Waals surface area contributed by atoms with Crippen LogP contribution >= 0.6 is 0 Å². The second-order valence-corrected chi connectivity index (χ2v) is 16.0. The maximum atomic E-state index is 14.6. The first-order valence-corrected chi connectivity index (χ1v) is 17.4. The predicted molar refractivity (Wildman–Crippen MR) is 180 cm³/mol. The summed E-state index contributed by atoms with van der Waals surface area (Å²) in [6.45, 7) is 9.21. The predicted octanol–water partition coefficient (Wildman–Crippen LogP) is 7.08. The van der Waals surface area contributed by atoms with Crippen molar-refractivity contribution in [3.8, 4) is 0 Å². The summed E-state index contributed by atoms with van der Waals surface area (Å²) in [7, 11) is 0. The Morgan fingerprint density at radius 2 is 1.52 bits per heavy atom. The number of aliphatic hydroxyl groups is 2. The zero-order valence-electron chi connectivity index (χ0n) is 27.8. The zero-order valence-corrected chi connectivity index (χ0v) is 27.8. The van der Waals surface area contributed by atoms with Crippen molar-refractivity contribution in [3.05, 3.63) is 95.6 Å². The van der Waals surface area contributed by atoms with Crippen LogP contribution in [-0.4, -0.2) is 51.2 Å². The van der Waals surface area contributed by atoms with Crippen LogP contribution in [-0.2, 0) is 6.54 Å². The molecule has 0 saturated heterocycles. The van der Waals surface area contributed by atoms with Crippen LogP contribution < -0.4 is 5.32 Å². The van der Waals surface area contributed by atoms with Crippen LogP contribution in [0.3, 0.4) is 0 Å². The van der Waals surface area contributed by atoms with Gasteiger partial charge in [0, 0.05) is 40.0 Å². The van der Waals surface area contributed by atoms with Gasteiger partial charge < -0.3 is 20.4 Å². The molecule has 244 valence electrons. The number of Topliss-reactive ketones (excluding diaryl/α,β-unsaturated/α-hetero) is 1. The molecule has 0 aliphatic heterocycles. The Labute approximate surface area is 274 Å². The van der Waals surface area contributed by atoms with Crippen molar-refractivity contribution in [2.24, 2.45) is 33.5 Å². The summed E-state index contributed by atoms with van der Waals surface area (Å²) in [4.78, 5) is 30.1. The Kier molecular flexibility index (Phi) is 7.45. The highest BCUT2D eigenvalue weighted by Gasteiger charge is 2.74. The minimum absolute atomic E-state index is 0.0250. The number of urea groups is 1. The number of allylic oxidation sites excluding steroid dienone is 4. The number of carbonyl (C=O) groups excluding carboxylic acids is 2. The molecule has 6 aliphatic carbocycles. The first-order chi connectivity index (χ1) is 21.9. The lowest BCUT2D eigenvalue weighted by atomic mass is 9.32. The molecule has 3 fully saturated rings. The van der Waals surface area contributed by atoms with Gasteiger partial charge in [0.15, 0.2) is 5.78 Å². The third-order valence-electron chi connectivity index (χ3n) is 13.4. The normalized spacial score (nSPS) is 38.8. The molecule has 6 nitrogen and oxygen atoms in total. The fourth-order valence-electron chi connectivity index (χ4n) is 11.0. The molecular formula is C40H50N2O4. The number of aliphatic hydroxyl groups excluding tert-OH is 1. The molecule has 2 aromatic rings. The fraction of sp³-hybridized carbons (Fsp3) is 0.550. The van der Waals surface area contributed by atoms with Crippen molar-refractivity contribution in [2.45, 2.75) is 96.9 Å². The molecule has 1 unspecified atom stereocenters. The summed E-state index contributed by atoms with van der Waals surface area (Å²) >= 11 is 0. The van der Waals surface area contributed by atoms with Crippen LogP contribution in [0.1, 0.15) is 88.6 Å². The molecule has 46 heavy (non-hydrogen) atoms. The molecule has 2 spiro atoms. The van der Waals surface area contributed by atoms with Crippen LogP contribution in [0, 0.1) is 33.5 Å². The van der Waals surface area contributed by atoms with Gasteiger partial charge >= 0.3 is 6.03 Å². The summed E-state index contributed by atoms with van der Waals surface area (Å²) in [5, 5.41) is 26.9. The van der Waals surface area contributed by atoms with E-state index in [0.29, 0.717) is 24.9 Å². The van der Waals surface area contributed by atoms with E-state index < -0.39 is 16.4 Å². The average molecular weight is 623 g/mol. The van der Waals surface area contributed by atoms with E-state index in [1.165, 1.54) is 0 Å². The Balaban J connectivity index is 1.31. The summed E-state index contributed by atoms with van der Waals surface area (Å²) < 4.78 is 0. The van der Waals surface area contributed by atoms with E-state index in [1.807, 2.05) is 74.5 Å². The number of hydrogen-bond donors (Lipinski definition) is 3. The van der Waals surface area contributed by atoms with Crippen molar-refractivity contribution >= 4 is 11.8 Å². The van der Waals surface area contributed by atoms with E-state index in [0.717, 1.165) is 43.2 Å². The van der Waals surface area contributed by atoms with Crippen LogP contribution in [0.2, 0.25) is 0 Å². The Morgan fingerprint density at radius 3 is 2.22 bits per heavy atom. The van der Waals surface area contributed by atoms with E-state index in [-0.39, 0.29) is 53.2 Å². The SMILES string of the molecule is CC(C)NC(=O)N(Cc1ccccc1)C[C@]1(O)CC[C@H]2[C@]34C=C[C@@]5(C=C3C(=O)c3ccccc3)CC(O)CC[C@]5(C)[C@H]4CC[C@@]21C. The van der Waals surface area contributed by atoms with E-state index in [1.54, 1.807) is 4.90 Å². The number of nitrogens with one attached hydrogen (secondary N) is 1. The van der Waals surface area contributed by atoms with Crippen LogP contribution in [0.15, 0.2) is 84.5 Å². The molecule has 0 aromatic heterocycles. The van der Waals surface area contributed by atoms with Gasteiger partial charge in [0.1, 0.15) is 0 Å². The number of fused-ring (bicyclic) bond motifs is 1. The van der Waals surface area contributed by atoms with Crippen molar-refractivity contribution < 1.29 is 19.8 Å². The molecule has 8 atom stereocenters. The van der Waals surface area contributed by atoms with E-state index in [9.17, 15) is 19.8 Å². The molecule has 3 saturated carbocycles. The molecule has 2 amide bonds. The fourth-order valence-corrected chi connectivity index (χ4v) is 11.0. The smallest absolute Gasteiger partial charge is 0.317 e. The third-order valence-corrected chi connectivity index (χ3v) is 13.4. The number of nitrogens with zero attached hydrogens (tertiary/aromatic N) is 1. The second kappa shape index (κ2) is 10.9. The molecule has 2 bridgehead atoms. The maximum absolute atomic E-state index is 14.6. The summed E-state index contributed by atoms with van der Waals surface area (Å²) in [6.07, 6.45) is 12.0. The molecule has 8 rings (SSSR count). The van der Waals surface area contributed by atoms with Gasteiger partial charge in [0.05, 0.1) is 18.2 Å². The molecule has 6 heteroatoms. The van der Waals surface area contributed by atoms with E-state index >= 15 is 0 Å². The van der Waals surface area contributed by atoms with Gasteiger partial charge in [-0.1, -0.05) is 92.7 Å².